The maximum Gasteiger partial charge on any atom is 0.264 e. The predicted octanol–water partition coefficient (Wildman–Crippen LogP) is 3.75. The van der Waals surface area contributed by atoms with E-state index in [1.54, 1.807) is 29.2 Å². The molecule has 29 heavy (non-hydrogen) atoms. The highest BCUT2D eigenvalue weighted by Gasteiger charge is 2.29. The van der Waals surface area contributed by atoms with Crippen molar-refractivity contribution in [2.45, 2.75) is 51.9 Å². The van der Waals surface area contributed by atoms with E-state index in [2.05, 4.69) is 25.8 Å². The molecule has 0 radical (unpaired) electrons. The largest absolute Gasteiger partial charge is 0.342 e. The first kappa shape index (κ1) is 22.9. The van der Waals surface area contributed by atoms with Crippen LogP contribution >= 0.6 is 0 Å². The third kappa shape index (κ3) is 5.35. The molecule has 1 aromatic carbocycles. The normalized spacial score (nSPS) is 11.9. The Morgan fingerprint density at radius 3 is 2.03 bits per heavy atom. The first-order valence-corrected chi connectivity index (χ1v) is 11.3. The molecule has 2 aromatic rings. The molecule has 1 amide bonds. The van der Waals surface area contributed by atoms with Crippen molar-refractivity contribution in [1.82, 2.24) is 9.88 Å². The average Bonchev–Trinajstić information content (AvgIpc) is 2.67. The van der Waals surface area contributed by atoms with Crippen molar-refractivity contribution < 1.29 is 13.2 Å². The maximum absolute atomic E-state index is 13.4. The van der Waals surface area contributed by atoms with Crippen molar-refractivity contribution >= 4 is 21.6 Å². The van der Waals surface area contributed by atoms with Gasteiger partial charge in [0.1, 0.15) is 6.54 Å². The van der Waals surface area contributed by atoms with Crippen molar-refractivity contribution in [1.29, 1.82) is 0 Å². The van der Waals surface area contributed by atoms with Gasteiger partial charge in [-0.05, 0) is 56.0 Å². The zero-order valence-electron chi connectivity index (χ0n) is 18.1. The maximum atomic E-state index is 13.4. The topological polar surface area (TPSA) is 70.6 Å². The Morgan fingerprint density at radius 1 is 1.00 bits per heavy atom. The monoisotopic (exact) mass is 417 g/mol. The zero-order valence-corrected chi connectivity index (χ0v) is 19.0. The van der Waals surface area contributed by atoms with Gasteiger partial charge in [-0.1, -0.05) is 32.9 Å². The van der Waals surface area contributed by atoms with Crippen molar-refractivity contribution in [3.05, 3.63) is 53.9 Å². The number of hydrogen-bond donors (Lipinski definition) is 0. The van der Waals surface area contributed by atoms with E-state index in [0.29, 0.717) is 18.8 Å². The van der Waals surface area contributed by atoms with Crippen LogP contribution in [0.15, 0.2) is 47.5 Å². The zero-order chi connectivity index (χ0) is 21.8. The summed E-state index contributed by atoms with van der Waals surface area (Å²) >= 11 is 0. The minimum absolute atomic E-state index is 0.0818. The number of amides is 1. The summed E-state index contributed by atoms with van der Waals surface area (Å²) in [6.07, 6.45) is 1.49. The number of hydrogen-bond acceptors (Lipinski definition) is 4. The summed E-state index contributed by atoms with van der Waals surface area (Å²) in [6.45, 7) is 12.6. The predicted molar refractivity (Wildman–Crippen MR) is 117 cm³/mol. The van der Waals surface area contributed by atoms with Crippen LogP contribution in [-0.2, 0) is 20.2 Å². The molecule has 0 aliphatic heterocycles. The molecule has 0 atom stereocenters. The number of likely N-dealkylation sites (N-methyl/N-ethyl adjacent to an activating group) is 1. The van der Waals surface area contributed by atoms with Crippen molar-refractivity contribution in [3.63, 3.8) is 0 Å². The highest BCUT2D eigenvalue weighted by atomic mass is 32.2. The molecule has 7 heteroatoms. The van der Waals surface area contributed by atoms with Gasteiger partial charge in [0, 0.05) is 18.8 Å². The fraction of sp³-hybridized carbons (Fsp3) is 0.455. The first-order chi connectivity index (χ1) is 13.5. The highest BCUT2D eigenvalue weighted by molar-refractivity contribution is 7.92. The lowest BCUT2D eigenvalue weighted by atomic mass is 9.87. The summed E-state index contributed by atoms with van der Waals surface area (Å²) < 4.78 is 28.0. The summed E-state index contributed by atoms with van der Waals surface area (Å²) in [6, 6.07) is 10.3. The number of sulfonamides is 1. The van der Waals surface area contributed by atoms with Crippen LogP contribution in [0.5, 0.6) is 0 Å². The standard InChI is InChI=1S/C22H31N3O3S/c1-7-24(8-2)21(26)16-25(19-12-9-17(3)23-15-19)29(27,28)20-13-10-18(11-14-20)22(4,5)6/h9-15H,7-8,16H2,1-6H3. The first-order valence-electron chi connectivity index (χ1n) is 9.84. The Morgan fingerprint density at radius 2 is 1.59 bits per heavy atom. The molecule has 1 heterocycles. The van der Waals surface area contributed by atoms with Crippen LogP contribution < -0.4 is 4.31 Å². The number of aromatic nitrogens is 1. The molecule has 0 saturated carbocycles. The number of aryl methyl sites for hydroxylation is 1. The molecular weight excluding hydrogens is 386 g/mol. The lowest BCUT2D eigenvalue weighted by Gasteiger charge is -2.27. The van der Waals surface area contributed by atoms with Crippen molar-refractivity contribution in [3.8, 4) is 0 Å². The van der Waals surface area contributed by atoms with Crippen LogP contribution in [0.2, 0.25) is 0 Å². The average molecular weight is 418 g/mol. The van der Waals surface area contributed by atoms with E-state index in [0.717, 1.165) is 15.6 Å². The minimum atomic E-state index is -3.93. The van der Waals surface area contributed by atoms with E-state index in [-0.39, 0.29) is 22.8 Å². The quantitative estimate of drug-likeness (QED) is 0.688. The van der Waals surface area contributed by atoms with Gasteiger partial charge in [-0.25, -0.2) is 8.42 Å². The second-order valence-electron chi connectivity index (χ2n) is 8.01. The Balaban J connectivity index is 2.48. The molecule has 2 rings (SSSR count). The molecule has 0 fully saturated rings. The molecule has 0 unspecified atom stereocenters. The van der Waals surface area contributed by atoms with Gasteiger partial charge in [-0.2, -0.15) is 0 Å². The van der Waals surface area contributed by atoms with E-state index in [1.807, 2.05) is 32.9 Å². The minimum Gasteiger partial charge on any atom is -0.342 e. The lowest BCUT2D eigenvalue weighted by Crippen LogP contribution is -2.43. The second kappa shape index (κ2) is 8.95. The highest BCUT2D eigenvalue weighted by Crippen LogP contribution is 2.27. The Labute approximate surface area is 174 Å². The summed E-state index contributed by atoms with van der Waals surface area (Å²) in [5, 5.41) is 0. The summed E-state index contributed by atoms with van der Waals surface area (Å²) in [4.78, 5) is 18.7. The number of anilines is 1. The van der Waals surface area contributed by atoms with E-state index < -0.39 is 10.0 Å². The summed E-state index contributed by atoms with van der Waals surface area (Å²) in [5.41, 5.74) is 2.10. The smallest absolute Gasteiger partial charge is 0.264 e. The van der Waals surface area contributed by atoms with Crippen LogP contribution in [0.3, 0.4) is 0 Å². The molecule has 0 aliphatic rings. The van der Waals surface area contributed by atoms with Gasteiger partial charge >= 0.3 is 0 Å². The lowest BCUT2D eigenvalue weighted by molar-refractivity contribution is -0.129. The molecule has 0 saturated heterocycles. The molecule has 0 aliphatic carbocycles. The number of benzene rings is 1. The number of pyridine rings is 1. The van der Waals surface area contributed by atoms with Gasteiger partial charge in [0.2, 0.25) is 5.91 Å². The van der Waals surface area contributed by atoms with Gasteiger partial charge < -0.3 is 4.90 Å². The molecule has 0 bridgehead atoms. The van der Waals surface area contributed by atoms with E-state index in [1.165, 1.54) is 6.20 Å². The number of carbonyl (C=O) groups is 1. The number of rotatable bonds is 7. The van der Waals surface area contributed by atoms with Gasteiger partial charge in [0.15, 0.2) is 0 Å². The molecule has 0 N–H and O–H groups in total. The molecule has 1 aromatic heterocycles. The molecule has 158 valence electrons. The van der Waals surface area contributed by atoms with Crippen LogP contribution in [0.25, 0.3) is 0 Å². The Bertz CT molecular complexity index is 927. The van der Waals surface area contributed by atoms with Gasteiger partial charge in [0.25, 0.3) is 10.0 Å². The Hall–Kier alpha value is -2.41. The summed E-state index contributed by atoms with van der Waals surface area (Å²) in [5.74, 6) is -0.245. The molecule has 0 spiro atoms. The van der Waals surface area contributed by atoms with E-state index >= 15 is 0 Å². The molecular formula is C22H31N3O3S. The van der Waals surface area contributed by atoms with Gasteiger partial charge in [0.05, 0.1) is 16.8 Å². The third-order valence-corrected chi connectivity index (χ3v) is 6.68. The molecule has 6 nitrogen and oxygen atoms in total. The second-order valence-corrected chi connectivity index (χ2v) is 9.87. The number of nitrogens with zero attached hydrogens (tertiary/aromatic N) is 3. The van der Waals surface area contributed by atoms with Gasteiger partial charge in [-0.15, -0.1) is 0 Å². The number of carbonyl (C=O) groups excluding carboxylic acids is 1. The van der Waals surface area contributed by atoms with E-state index in [4.69, 9.17) is 0 Å². The fourth-order valence-corrected chi connectivity index (χ4v) is 4.38. The summed E-state index contributed by atoms with van der Waals surface area (Å²) in [7, 11) is -3.93. The van der Waals surface area contributed by atoms with Crippen molar-refractivity contribution in [2.75, 3.05) is 23.9 Å². The van der Waals surface area contributed by atoms with Crippen molar-refractivity contribution in [2.24, 2.45) is 0 Å². The van der Waals surface area contributed by atoms with Crippen LogP contribution in [0, 0.1) is 6.92 Å². The Kier molecular flexibility index (Phi) is 7.06. The SMILES string of the molecule is CCN(CC)C(=O)CN(c1ccc(C)nc1)S(=O)(=O)c1ccc(C(C)(C)C)cc1. The van der Waals surface area contributed by atoms with Crippen LogP contribution in [-0.4, -0.2) is 43.8 Å². The third-order valence-electron chi connectivity index (χ3n) is 4.89. The van der Waals surface area contributed by atoms with Gasteiger partial charge in [-0.3, -0.25) is 14.1 Å². The van der Waals surface area contributed by atoms with E-state index in [9.17, 15) is 13.2 Å². The fourth-order valence-electron chi connectivity index (χ4n) is 2.98. The van der Waals surface area contributed by atoms with Crippen LogP contribution in [0.4, 0.5) is 5.69 Å². The van der Waals surface area contributed by atoms with Crippen LogP contribution in [0.1, 0.15) is 45.9 Å².